The Balaban J connectivity index is 2.09. The van der Waals surface area contributed by atoms with Crippen LogP contribution in [0.4, 0.5) is 5.82 Å². The van der Waals surface area contributed by atoms with Gasteiger partial charge in [-0.2, -0.15) is 0 Å². The molecule has 1 aliphatic carbocycles. The van der Waals surface area contributed by atoms with Gasteiger partial charge in [-0.25, -0.2) is 9.97 Å². The van der Waals surface area contributed by atoms with E-state index in [1.165, 1.54) is 22.2 Å². The monoisotopic (exact) mass is 233 g/mol. The third-order valence-electron chi connectivity index (χ3n) is 3.40. The molecule has 0 aliphatic heterocycles. The largest absolute Gasteiger partial charge is 0.366 e. The fourth-order valence-corrected chi connectivity index (χ4v) is 2.99. The van der Waals surface area contributed by atoms with Crippen LogP contribution in [-0.2, 0) is 0 Å². The van der Waals surface area contributed by atoms with E-state index in [9.17, 15) is 0 Å². The van der Waals surface area contributed by atoms with E-state index in [4.69, 9.17) is 0 Å². The van der Waals surface area contributed by atoms with Crippen molar-refractivity contribution in [2.45, 2.75) is 33.2 Å². The van der Waals surface area contributed by atoms with E-state index < -0.39 is 0 Å². The van der Waals surface area contributed by atoms with Crippen molar-refractivity contribution in [1.29, 1.82) is 0 Å². The average molecular weight is 233 g/mol. The molecule has 2 unspecified atom stereocenters. The fourth-order valence-electron chi connectivity index (χ4n) is 1.99. The van der Waals surface area contributed by atoms with Crippen molar-refractivity contribution in [2.24, 2.45) is 5.92 Å². The summed E-state index contributed by atoms with van der Waals surface area (Å²) in [6.07, 6.45) is 2.92. The molecular weight excluding hydrogens is 218 g/mol. The van der Waals surface area contributed by atoms with E-state index >= 15 is 0 Å². The molecule has 0 saturated heterocycles. The Kier molecular flexibility index (Phi) is 2.14. The summed E-state index contributed by atoms with van der Waals surface area (Å²) in [4.78, 5) is 11.2. The normalized spacial score (nSPS) is 23.7. The van der Waals surface area contributed by atoms with E-state index in [-0.39, 0.29) is 0 Å². The number of aryl methyl sites for hydroxylation is 2. The second-order valence-corrected chi connectivity index (χ2v) is 5.85. The van der Waals surface area contributed by atoms with Gasteiger partial charge in [0, 0.05) is 10.9 Å². The summed E-state index contributed by atoms with van der Waals surface area (Å²) in [6, 6.07) is 0.609. The van der Waals surface area contributed by atoms with Gasteiger partial charge < -0.3 is 5.32 Å². The molecule has 1 saturated carbocycles. The third kappa shape index (κ3) is 1.48. The first-order chi connectivity index (χ1) is 7.66. The third-order valence-corrected chi connectivity index (χ3v) is 4.51. The van der Waals surface area contributed by atoms with Gasteiger partial charge in [-0.3, -0.25) is 0 Å². The molecule has 3 rings (SSSR count). The number of nitrogens with one attached hydrogen (secondary N) is 1. The summed E-state index contributed by atoms with van der Waals surface area (Å²) in [5.41, 5.74) is 1.32. The Hall–Kier alpha value is -1.16. The predicted molar refractivity (Wildman–Crippen MR) is 68.1 cm³/mol. The molecule has 1 N–H and O–H groups in total. The Labute approximate surface area is 98.9 Å². The van der Waals surface area contributed by atoms with Gasteiger partial charge in [-0.1, -0.05) is 6.92 Å². The number of nitrogens with zero attached hydrogens (tertiary/aromatic N) is 2. The summed E-state index contributed by atoms with van der Waals surface area (Å²) >= 11 is 1.75. The SMILES string of the molecule is Cc1sc2ncnc(NC3CC3C)c2c1C. The molecule has 1 fully saturated rings. The molecule has 0 radical (unpaired) electrons. The maximum absolute atomic E-state index is 4.38. The van der Waals surface area contributed by atoms with Crippen molar-refractivity contribution in [1.82, 2.24) is 9.97 Å². The minimum absolute atomic E-state index is 0.609. The highest BCUT2D eigenvalue weighted by molar-refractivity contribution is 7.18. The lowest BCUT2D eigenvalue weighted by molar-refractivity contribution is 0.924. The van der Waals surface area contributed by atoms with Gasteiger partial charge >= 0.3 is 0 Å². The van der Waals surface area contributed by atoms with Gasteiger partial charge in [-0.05, 0) is 31.7 Å². The molecule has 1 aliphatic rings. The number of hydrogen-bond acceptors (Lipinski definition) is 4. The zero-order valence-electron chi connectivity index (χ0n) is 9.74. The number of anilines is 1. The van der Waals surface area contributed by atoms with Crippen LogP contribution in [-0.4, -0.2) is 16.0 Å². The lowest BCUT2D eigenvalue weighted by Crippen LogP contribution is -2.05. The van der Waals surface area contributed by atoms with Crippen LogP contribution in [0.5, 0.6) is 0 Å². The first kappa shape index (κ1) is 10.0. The number of aromatic nitrogens is 2. The van der Waals surface area contributed by atoms with Gasteiger partial charge in [0.2, 0.25) is 0 Å². The van der Waals surface area contributed by atoms with Gasteiger partial charge in [0.05, 0.1) is 5.39 Å². The van der Waals surface area contributed by atoms with E-state index in [0.717, 1.165) is 16.6 Å². The van der Waals surface area contributed by atoms with Crippen molar-refractivity contribution in [3.8, 4) is 0 Å². The predicted octanol–water partition coefficient (Wildman–Crippen LogP) is 3.13. The van der Waals surface area contributed by atoms with Crippen molar-refractivity contribution >= 4 is 27.4 Å². The van der Waals surface area contributed by atoms with Crippen LogP contribution in [0.1, 0.15) is 23.8 Å². The highest BCUT2D eigenvalue weighted by Crippen LogP contribution is 2.37. The number of hydrogen-bond donors (Lipinski definition) is 1. The van der Waals surface area contributed by atoms with E-state index in [1.54, 1.807) is 17.7 Å². The minimum Gasteiger partial charge on any atom is -0.366 e. The molecule has 3 nitrogen and oxygen atoms in total. The zero-order chi connectivity index (χ0) is 11.3. The number of thiophene rings is 1. The summed E-state index contributed by atoms with van der Waals surface area (Å²) in [5, 5.41) is 4.73. The van der Waals surface area contributed by atoms with Crippen LogP contribution < -0.4 is 5.32 Å². The van der Waals surface area contributed by atoms with Crippen LogP contribution in [0.15, 0.2) is 6.33 Å². The summed E-state index contributed by atoms with van der Waals surface area (Å²) in [7, 11) is 0. The van der Waals surface area contributed by atoms with E-state index in [1.807, 2.05) is 0 Å². The molecule has 0 aromatic carbocycles. The Morgan fingerprint density at radius 3 is 2.81 bits per heavy atom. The van der Waals surface area contributed by atoms with Crippen molar-refractivity contribution in [3.05, 3.63) is 16.8 Å². The second kappa shape index (κ2) is 3.42. The average Bonchev–Trinajstić information content (AvgIpc) is 2.85. The summed E-state index contributed by atoms with van der Waals surface area (Å²) < 4.78 is 0. The maximum Gasteiger partial charge on any atom is 0.138 e. The molecular formula is C12H15N3S. The molecule has 0 spiro atoms. The van der Waals surface area contributed by atoms with Crippen molar-refractivity contribution < 1.29 is 0 Å². The van der Waals surface area contributed by atoms with Crippen LogP contribution in [0.25, 0.3) is 10.2 Å². The van der Waals surface area contributed by atoms with Crippen LogP contribution in [0.2, 0.25) is 0 Å². The van der Waals surface area contributed by atoms with Crippen LogP contribution in [0, 0.1) is 19.8 Å². The topological polar surface area (TPSA) is 37.8 Å². The molecule has 0 bridgehead atoms. The quantitative estimate of drug-likeness (QED) is 0.866. The highest BCUT2D eigenvalue weighted by atomic mass is 32.1. The molecule has 4 heteroatoms. The molecule has 2 aromatic rings. The van der Waals surface area contributed by atoms with Gasteiger partial charge in [0.25, 0.3) is 0 Å². The second-order valence-electron chi connectivity index (χ2n) is 4.65. The lowest BCUT2D eigenvalue weighted by Gasteiger charge is -2.05. The molecule has 2 atom stereocenters. The smallest absolute Gasteiger partial charge is 0.138 e. The number of fused-ring (bicyclic) bond motifs is 1. The van der Waals surface area contributed by atoms with Crippen molar-refractivity contribution in [3.63, 3.8) is 0 Å². The Morgan fingerprint density at radius 1 is 1.38 bits per heavy atom. The highest BCUT2D eigenvalue weighted by Gasteiger charge is 2.33. The van der Waals surface area contributed by atoms with Crippen molar-refractivity contribution in [2.75, 3.05) is 5.32 Å². The first-order valence-electron chi connectivity index (χ1n) is 5.64. The Morgan fingerprint density at radius 2 is 2.12 bits per heavy atom. The van der Waals surface area contributed by atoms with Crippen LogP contribution >= 0.6 is 11.3 Å². The minimum atomic E-state index is 0.609. The molecule has 0 amide bonds. The van der Waals surface area contributed by atoms with E-state index in [0.29, 0.717) is 6.04 Å². The van der Waals surface area contributed by atoms with Crippen LogP contribution in [0.3, 0.4) is 0 Å². The molecule has 16 heavy (non-hydrogen) atoms. The molecule has 2 aromatic heterocycles. The fraction of sp³-hybridized carbons (Fsp3) is 0.500. The van der Waals surface area contributed by atoms with E-state index in [2.05, 4.69) is 36.1 Å². The Bertz CT molecular complexity index is 546. The molecule has 2 heterocycles. The maximum atomic E-state index is 4.38. The summed E-state index contributed by atoms with van der Waals surface area (Å²) in [6.45, 7) is 6.56. The van der Waals surface area contributed by atoms with Gasteiger partial charge in [0.15, 0.2) is 0 Å². The number of rotatable bonds is 2. The standard InChI is InChI=1S/C12H15N3S/c1-6-4-9(6)15-11-10-7(2)8(3)16-12(10)14-5-13-11/h5-6,9H,4H2,1-3H3,(H,13,14,15). The lowest BCUT2D eigenvalue weighted by atomic mass is 10.2. The first-order valence-corrected chi connectivity index (χ1v) is 6.45. The molecule has 84 valence electrons. The summed E-state index contributed by atoms with van der Waals surface area (Å²) in [5.74, 6) is 1.80. The zero-order valence-corrected chi connectivity index (χ0v) is 10.6. The van der Waals surface area contributed by atoms with Gasteiger partial charge in [0.1, 0.15) is 17.0 Å². The van der Waals surface area contributed by atoms with Gasteiger partial charge in [-0.15, -0.1) is 11.3 Å².